The van der Waals surface area contributed by atoms with Gasteiger partial charge in [0.25, 0.3) is 5.91 Å². The van der Waals surface area contributed by atoms with Gasteiger partial charge in [-0.2, -0.15) is 0 Å². The van der Waals surface area contributed by atoms with Gasteiger partial charge in [0.1, 0.15) is 12.1 Å². The first-order valence-corrected chi connectivity index (χ1v) is 10.0. The fraction of sp³-hybridized carbons (Fsp3) is 0.500. The van der Waals surface area contributed by atoms with E-state index < -0.39 is 47.6 Å². The first-order valence-electron chi connectivity index (χ1n) is 10.0. The number of phenolic OH excluding ortho intramolecular Hbond substituents is 2. The Kier molecular flexibility index (Phi) is 6.64. The Bertz CT molecular complexity index is 904. The Hall–Kier alpha value is -3.34. The van der Waals surface area contributed by atoms with E-state index in [-0.39, 0.29) is 30.3 Å². The van der Waals surface area contributed by atoms with Gasteiger partial charge in [-0.25, -0.2) is 10.1 Å². The predicted molar refractivity (Wildman–Crippen MR) is 107 cm³/mol. The minimum atomic E-state index is -0.894. The minimum absolute atomic E-state index is 0.0138. The fourth-order valence-corrected chi connectivity index (χ4v) is 3.37. The molecule has 0 radical (unpaired) electrons. The van der Waals surface area contributed by atoms with Gasteiger partial charge in [-0.05, 0) is 31.9 Å². The van der Waals surface area contributed by atoms with Crippen LogP contribution in [0.25, 0.3) is 0 Å². The fourth-order valence-electron chi connectivity index (χ4n) is 3.37. The van der Waals surface area contributed by atoms with E-state index in [0.29, 0.717) is 17.9 Å². The summed E-state index contributed by atoms with van der Waals surface area (Å²) in [6.07, 6.45) is 0.403. The van der Waals surface area contributed by atoms with Crippen molar-refractivity contribution in [1.29, 1.82) is 0 Å². The number of para-hydroxylation sites is 1. The number of carbonyl (C=O) groups excluding carboxylic acids is 3. The molecule has 2 aliphatic heterocycles. The molecule has 0 bridgehead atoms. The second kappa shape index (κ2) is 9.21. The van der Waals surface area contributed by atoms with Crippen molar-refractivity contribution in [2.24, 2.45) is 10.9 Å². The molecule has 11 nitrogen and oxygen atoms in total. The van der Waals surface area contributed by atoms with Gasteiger partial charge >= 0.3 is 0 Å². The smallest absolute Gasteiger partial charge is 0.268 e. The number of piperidine rings is 1. The van der Waals surface area contributed by atoms with Crippen LogP contribution in [-0.4, -0.2) is 75.4 Å². The number of aromatic hydroxyl groups is 2. The summed E-state index contributed by atoms with van der Waals surface area (Å²) in [6.45, 7) is 3.50. The Balaban J connectivity index is 1.56. The number of hydrogen-bond acceptors (Lipinski definition) is 8. The van der Waals surface area contributed by atoms with Crippen LogP contribution in [0.1, 0.15) is 32.3 Å². The monoisotopic (exact) mass is 434 g/mol. The summed E-state index contributed by atoms with van der Waals surface area (Å²) in [5, 5.41) is 34.9. The van der Waals surface area contributed by atoms with Gasteiger partial charge in [0.2, 0.25) is 17.7 Å². The summed E-state index contributed by atoms with van der Waals surface area (Å²) in [5.41, 5.74) is 0.171. The van der Waals surface area contributed by atoms with Crippen molar-refractivity contribution in [2.75, 3.05) is 13.1 Å². The average molecular weight is 434 g/mol. The zero-order valence-corrected chi connectivity index (χ0v) is 17.2. The van der Waals surface area contributed by atoms with Crippen molar-refractivity contribution < 1.29 is 34.5 Å². The highest BCUT2D eigenvalue weighted by atomic mass is 16.5. The number of ether oxygens (including phenoxy) is 1. The van der Waals surface area contributed by atoms with Gasteiger partial charge < -0.3 is 25.6 Å². The van der Waals surface area contributed by atoms with Crippen molar-refractivity contribution >= 4 is 23.6 Å². The van der Waals surface area contributed by atoms with E-state index in [1.54, 1.807) is 13.8 Å². The maximum absolute atomic E-state index is 12.6. The Morgan fingerprint density at radius 2 is 2.10 bits per heavy atom. The molecule has 1 aromatic rings. The Labute approximate surface area is 178 Å². The topological polar surface area (TPSA) is 161 Å². The number of rotatable bonds is 6. The molecule has 5 N–H and O–H groups in total. The number of hydroxylamine groups is 2. The zero-order valence-electron chi connectivity index (χ0n) is 17.2. The largest absolute Gasteiger partial charge is 0.504 e. The molecule has 31 heavy (non-hydrogen) atoms. The van der Waals surface area contributed by atoms with Gasteiger partial charge in [-0.15, -0.1) is 0 Å². The molecule has 168 valence electrons. The van der Waals surface area contributed by atoms with Crippen molar-refractivity contribution in [3.8, 4) is 11.5 Å². The predicted octanol–water partition coefficient (Wildman–Crippen LogP) is -0.120. The molecule has 0 unspecified atom stereocenters. The Morgan fingerprint density at radius 1 is 1.35 bits per heavy atom. The molecule has 3 amide bonds. The molecule has 3 rings (SSSR count). The number of amides is 3. The van der Waals surface area contributed by atoms with Gasteiger partial charge in [0, 0.05) is 13.1 Å². The molecule has 0 aromatic heterocycles. The van der Waals surface area contributed by atoms with Crippen LogP contribution in [0.5, 0.6) is 11.5 Å². The molecule has 1 saturated heterocycles. The summed E-state index contributed by atoms with van der Waals surface area (Å²) in [4.78, 5) is 41.0. The Morgan fingerprint density at radius 3 is 2.84 bits per heavy atom. The number of benzene rings is 1. The summed E-state index contributed by atoms with van der Waals surface area (Å²) in [5.74, 6) is -2.73. The van der Waals surface area contributed by atoms with E-state index in [1.165, 1.54) is 18.2 Å². The summed E-state index contributed by atoms with van der Waals surface area (Å²) in [6, 6.07) is 2.66. The SMILES string of the molecule is C[C@H](CNC(=O)[C@H]1N=C(c2cccc(O)c2O)O[C@@H]1C)C(=O)N[C@@H]1CCCN(O)C1=O. The number of nitrogens with zero attached hydrogens (tertiary/aromatic N) is 2. The molecule has 0 aliphatic carbocycles. The summed E-state index contributed by atoms with van der Waals surface area (Å²) in [7, 11) is 0. The number of nitrogens with one attached hydrogen (secondary N) is 2. The van der Waals surface area contributed by atoms with E-state index in [9.17, 15) is 29.8 Å². The van der Waals surface area contributed by atoms with Crippen molar-refractivity contribution in [3.63, 3.8) is 0 Å². The molecule has 0 saturated carbocycles. The van der Waals surface area contributed by atoms with Crippen molar-refractivity contribution in [3.05, 3.63) is 23.8 Å². The molecule has 1 aromatic carbocycles. The van der Waals surface area contributed by atoms with Crippen LogP contribution in [0.4, 0.5) is 0 Å². The molecular formula is C20H26N4O7. The second-order valence-electron chi connectivity index (χ2n) is 7.69. The molecule has 0 spiro atoms. The van der Waals surface area contributed by atoms with Crippen LogP contribution in [0.3, 0.4) is 0 Å². The minimum Gasteiger partial charge on any atom is -0.504 e. The molecular weight excluding hydrogens is 408 g/mol. The maximum Gasteiger partial charge on any atom is 0.268 e. The van der Waals surface area contributed by atoms with Crippen LogP contribution in [0.15, 0.2) is 23.2 Å². The number of hydrogen-bond donors (Lipinski definition) is 5. The van der Waals surface area contributed by atoms with Crippen LogP contribution in [-0.2, 0) is 19.1 Å². The van der Waals surface area contributed by atoms with E-state index >= 15 is 0 Å². The van der Waals surface area contributed by atoms with Crippen LogP contribution in [0.2, 0.25) is 0 Å². The zero-order chi connectivity index (χ0) is 22.7. The maximum atomic E-state index is 12.6. The third-order valence-electron chi connectivity index (χ3n) is 5.27. The van der Waals surface area contributed by atoms with E-state index in [1.807, 2.05) is 0 Å². The van der Waals surface area contributed by atoms with E-state index in [4.69, 9.17) is 4.74 Å². The molecule has 2 aliphatic rings. The standard InChI is InChI=1S/C20H26N4O7/c1-10(17(27)22-13-6-4-8-24(30)20(13)29)9-21-18(28)15-11(2)31-19(23-15)12-5-3-7-14(25)16(12)26/h3,5,7,10-11,13,15,25-26,30H,4,6,8-9H2,1-2H3,(H,21,28)(H,22,27)/t10-,11-,13-,15+/m1/s1. The summed E-state index contributed by atoms with van der Waals surface area (Å²) < 4.78 is 5.57. The highest BCUT2D eigenvalue weighted by molar-refractivity contribution is 6.01. The van der Waals surface area contributed by atoms with Crippen LogP contribution < -0.4 is 10.6 Å². The second-order valence-corrected chi connectivity index (χ2v) is 7.69. The lowest BCUT2D eigenvalue weighted by Crippen LogP contribution is -2.53. The van der Waals surface area contributed by atoms with Gasteiger partial charge in [0.15, 0.2) is 17.5 Å². The lowest BCUT2D eigenvalue weighted by atomic mass is 10.0. The summed E-state index contributed by atoms with van der Waals surface area (Å²) >= 11 is 0. The lowest BCUT2D eigenvalue weighted by molar-refractivity contribution is -0.173. The van der Waals surface area contributed by atoms with Crippen LogP contribution >= 0.6 is 0 Å². The third-order valence-corrected chi connectivity index (χ3v) is 5.27. The van der Waals surface area contributed by atoms with E-state index in [2.05, 4.69) is 15.6 Å². The highest BCUT2D eigenvalue weighted by Gasteiger charge is 2.35. The number of phenols is 2. The molecule has 1 fully saturated rings. The highest BCUT2D eigenvalue weighted by Crippen LogP contribution is 2.31. The van der Waals surface area contributed by atoms with Gasteiger partial charge in [-0.3, -0.25) is 19.6 Å². The first kappa shape index (κ1) is 22.3. The number of carbonyl (C=O) groups is 3. The third kappa shape index (κ3) is 4.88. The van der Waals surface area contributed by atoms with Gasteiger partial charge in [0.05, 0.1) is 11.5 Å². The first-order chi connectivity index (χ1) is 14.7. The van der Waals surface area contributed by atoms with Gasteiger partial charge in [-0.1, -0.05) is 13.0 Å². The van der Waals surface area contributed by atoms with Crippen LogP contribution in [0, 0.1) is 5.92 Å². The van der Waals surface area contributed by atoms with Crippen molar-refractivity contribution in [1.82, 2.24) is 15.7 Å². The average Bonchev–Trinajstić information content (AvgIpc) is 3.12. The lowest BCUT2D eigenvalue weighted by Gasteiger charge is -2.28. The molecule has 4 atom stereocenters. The van der Waals surface area contributed by atoms with E-state index in [0.717, 1.165) is 0 Å². The van der Waals surface area contributed by atoms with Crippen molar-refractivity contribution in [2.45, 2.75) is 44.9 Å². The normalized spacial score (nSPS) is 24.2. The molecule has 11 heteroatoms. The number of aliphatic imine (C=N–C) groups is 1. The quantitative estimate of drug-likeness (QED) is 0.308. The molecule has 2 heterocycles.